The molecule has 94 valence electrons. The van der Waals surface area contributed by atoms with Crippen LogP contribution in [-0.4, -0.2) is 22.9 Å². The van der Waals surface area contributed by atoms with Gasteiger partial charge in [0.05, 0.1) is 24.0 Å². The lowest BCUT2D eigenvalue weighted by Crippen LogP contribution is -2.23. The number of nitrogens with one attached hydrogen (secondary N) is 2. The Morgan fingerprint density at radius 1 is 1.50 bits per heavy atom. The number of nitrogens with zero attached hydrogens (tertiary/aromatic N) is 2. The van der Waals surface area contributed by atoms with Crippen LogP contribution in [0.2, 0.25) is 0 Å². The number of aromatic nitrogens is 2. The van der Waals surface area contributed by atoms with Crippen LogP contribution in [0.1, 0.15) is 21.1 Å². The van der Waals surface area contributed by atoms with Crippen molar-refractivity contribution in [2.45, 2.75) is 13.5 Å². The van der Waals surface area contributed by atoms with E-state index in [2.05, 4.69) is 20.6 Å². The topological polar surface area (TPSA) is 66.9 Å². The summed E-state index contributed by atoms with van der Waals surface area (Å²) in [7, 11) is 1.76. The lowest BCUT2D eigenvalue weighted by Gasteiger charge is -2.07. The first-order chi connectivity index (χ1) is 8.70. The highest BCUT2D eigenvalue weighted by Gasteiger charge is 2.10. The van der Waals surface area contributed by atoms with Gasteiger partial charge in [-0.15, -0.1) is 11.3 Å². The molecule has 0 saturated heterocycles. The number of pyridine rings is 1. The molecule has 6 heteroatoms. The smallest absolute Gasteiger partial charge is 0.253 e. The fraction of sp³-hybridized carbons (Fsp3) is 0.250. The zero-order valence-corrected chi connectivity index (χ0v) is 11.0. The maximum atomic E-state index is 12.0. The Balaban J connectivity index is 2.03. The highest BCUT2D eigenvalue weighted by Crippen LogP contribution is 2.13. The molecule has 0 aliphatic carbocycles. The molecule has 0 fully saturated rings. The van der Waals surface area contributed by atoms with E-state index in [1.54, 1.807) is 36.8 Å². The molecular weight excluding hydrogens is 248 g/mol. The minimum absolute atomic E-state index is 0.130. The standard InChI is InChI=1S/C12H14N4OS/c1-8-7-18-11(16-8)6-15-12(17)9-3-4-14-5-10(9)13-2/h3-5,7,13H,6H2,1-2H3,(H,15,17). The number of amides is 1. The van der Waals surface area contributed by atoms with Gasteiger partial charge in [-0.05, 0) is 13.0 Å². The van der Waals surface area contributed by atoms with Crippen molar-refractivity contribution in [3.05, 3.63) is 40.1 Å². The normalized spacial score (nSPS) is 10.1. The molecule has 0 aromatic carbocycles. The third-order valence-electron chi connectivity index (χ3n) is 2.40. The number of hydrogen-bond acceptors (Lipinski definition) is 5. The maximum Gasteiger partial charge on any atom is 0.253 e. The van der Waals surface area contributed by atoms with Crippen LogP contribution >= 0.6 is 11.3 Å². The lowest BCUT2D eigenvalue weighted by molar-refractivity contribution is 0.0951. The van der Waals surface area contributed by atoms with Gasteiger partial charge in [-0.1, -0.05) is 0 Å². The number of aryl methyl sites for hydroxylation is 1. The summed E-state index contributed by atoms with van der Waals surface area (Å²) in [5.41, 5.74) is 2.27. The molecule has 0 aliphatic rings. The van der Waals surface area contributed by atoms with E-state index in [0.717, 1.165) is 10.7 Å². The molecule has 0 spiro atoms. The highest BCUT2D eigenvalue weighted by atomic mass is 32.1. The van der Waals surface area contributed by atoms with Crippen LogP contribution in [0.5, 0.6) is 0 Å². The fourth-order valence-electron chi connectivity index (χ4n) is 1.53. The number of carbonyl (C=O) groups is 1. The van der Waals surface area contributed by atoms with Gasteiger partial charge in [0.2, 0.25) is 0 Å². The van der Waals surface area contributed by atoms with Crippen LogP contribution in [0.4, 0.5) is 5.69 Å². The zero-order chi connectivity index (χ0) is 13.0. The Morgan fingerprint density at radius 2 is 2.33 bits per heavy atom. The van der Waals surface area contributed by atoms with Gasteiger partial charge in [-0.2, -0.15) is 0 Å². The summed E-state index contributed by atoms with van der Waals surface area (Å²) in [5.74, 6) is -0.130. The molecule has 0 atom stereocenters. The summed E-state index contributed by atoms with van der Waals surface area (Å²) in [4.78, 5) is 20.3. The first kappa shape index (κ1) is 12.5. The van der Waals surface area contributed by atoms with Gasteiger partial charge >= 0.3 is 0 Å². The van der Waals surface area contributed by atoms with Crippen molar-refractivity contribution in [3.8, 4) is 0 Å². The fourth-order valence-corrected chi connectivity index (χ4v) is 2.24. The summed E-state index contributed by atoms with van der Waals surface area (Å²) in [6, 6.07) is 1.69. The van der Waals surface area contributed by atoms with E-state index in [0.29, 0.717) is 17.8 Å². The number of thiazole rings is 1. The third-order valence-corrected chi connectivity index (χ3v) is 3.37. The van der Waals surface area contributed by atoms with Crippen LogP contribution in [0, 0.1) is 6.92 Å². The van der Waals surface area contributed by atoms with Crippen LogP contribution in [0.3, 0.4) is 0 Å². The molecule has 2 heterocycles. The minimum atomic E-state index is -0.130. The lowest BCUT2D eigenvalue weighted by atomic mass is 10.2. The number of carbonyl (C=O) groups excluding carboxylic acids is 1. The van der Waals surface area contributed by atoms with E-state index in [-0.39, 0.29) is 5.91 Å². The molecule has 2 aromatic rings. The van der Waals surface area contributed by atoms with E-state index in [1.165, 1.54) is 0 Å². The van der Waals surface area contributed by atoms with Gasteiger partial charge in [0.15, 0.2) is 0 Å². The third kappa shape index (κ3) is 2.84. The van der Waals surface area contributed by atoms with Crippen molar-refractivity contribution in [2.75, 3.05) is 12.4 Å². The van der Waals surface area contributed by atoms with Crippen LogP contribution < -0.4 is 10.6 Å². The molecule has 0 bridgehead atoms. The zero-order valence-electron chi connectivity index (χ0n) is 10.2. The monoisotopic (exact) mass is 262 g/mol. The van der Waals surface area contributed by atoms with E-state index in [9.17, 15) is 4.79 Å². The van der Waals surface area contributed by atoms with Gasteiger partial charge in [-0.25, -0.2) is 4.98 Å². The van der Waals surface area contributed by atoms with E-state index in [4.69, 9.17) is 0 Å². The van der Waals surface area contributed by atoms with Crippen LogP contribution in [0.25, 0.3) is 0 Å². The molecule has 0 aliphatic heterocycles. The van der Waals surface area contributed by atoms with Gasteiger partial charge < -0.3 is 10.6 Å². The van der Waals surface area contributed by atoms with Crippen molar-refractivity contribution >= 4 is 22.9 Å². The molecule has 1 amide bonds. The molecule has 5 nitrogen and oxygen atoms in total. The quantitative estimate of drug-likeness (QED) is 0.882. The van der Waals surface area contributed by atoms with Gasteiger partial charge in [0, 0.05) is 24.3 Å². The molecule has 0 unspecified atom stereocenters. The van der Waals surface area contributed by atoms with Crippen molar-refractivity contribution < 1.29 is 4.79 Å². The second-order valence-corrected chi connectivity index (χ2v) is 4.68. The molecule has 2 rings (SSSR count). The van der Waals surface area contributed by atoms with Gasteiger partial charge in [-0.3, -0.25) is 9.78 Å². The van der Waals surface area contributed by atoms with Crippen LogP contribution in [-0.2, 0) is 6.54 Å². The summed E-state index contributed by atoms with van der Waals surface area (Å²) >= 11 is 1.54. The van der Waals surface area contributed by atoms with Gasteiger partial charge in [0.25, 0.3) is 5.91 Å². The summed E-state index contributed by atoms with van der Waals surface area (Å²) in [6.45, 7) is 2.38. The molecule has 2 aromatic heterocycles. The Hall–Kier alpha value is -1.95. The van der Waals surface area contributed by atoms with E-state index < -0.39 is 0 Å². The molecule has 2 N–H and O–H groups in total. The number of hydrogen-bond donors (Lipinski definition) is 2. The van der Waals surface area contributed by atoms with Crippen LogP contribution in [0.15, 0.2) is 23.8 Å². The highest BCUT2D eigenvalue weighted by molar-refractivity contribution is 7.09. The SMILES string of the molecule is CNc1cnccc1C(=O)NCc1nc(C)cs1. The molecule has 0 saturated carbocycles. The molecular formula is C12H14N4OS. The maximum absolute atomic E-state index is 12.0. The summed E-state index contributed by atoms with van der Waals surface area (Å²) in [5, 5.41) is 8.66. The van der Waals surface area contributed by atoms with E-state index >= 15 is 0 Å². The first-order valence-electron chi connectivity index (χ1n) is 5.51. The molecule has 0 radical (unpaired) electrons. The minimum Gasteiger partial charge on any atom is -0.386 e. The second-order valence-electron chi connectivity index (χ2n) is 3.74. The summed E-state index contributed by atoms with van der Waals surface area (Å²) < 4.78 is 0. The average molecular weight is 262 g/mol. The van der Waals surface area contributed by atoms with Crippen molar-refractivity contribution in [1.29, 1.82) is 0 Å². The van der Waals surface area contributed by atoms with Crippen molar-refractivity contribution in [3.63, 3.8) is 0 Å². The Kier molecular flexibility index (Phi) is 3.88. The van der Waals surface area contributed by atoms with Crippen molar-refractivity contribution in [2.24, 2.45) is 0 Å². The van der Waals surface area contributed by atoms with Gasteiger partial charge in [0.1, 0.15) is 5.01 Å². The number of rotatable bonds is 4. The Labute approximate surface area is 109 Å². The van der Waals surface area contributed by atoms with Crippen molar-refractivity contribution in [1.82, 2.24) is 15.3 Å². The Morgan fingerprint density at radius 3 is 3.00 bits per heavy atom. The second kappa shape index (κ2) is 5.59. The predicted octanol–water partition coefficient (Wildman–Crippen LogP) is 1.82. The predicted molar refractivity (Wildman–Crippen MR) is 71.8 cm³/mol. The number of anilines is 1. The average Bonchev–Trinajstić information content (AvgIpc) is 2.81. The first-order valence-corrected chi connectivity index (χ1v) is 6.39. The largest absolute Gasteiger partial charge is 0.386 e. The molecule has 18 heavy (non-hydrogen) atoms. The van der Waals surface area contributed by atoms with E-state index in [1.807, 2.05) is 12.3 Å². The Bertz CT molecular complexity index is 553. The summed E-state index contributed by atoms with van der Waals surface area (Å²) in [6.07, 6.45) is 3.23.